The molecule has 0 spiro atoms. The fourth-order valence-electron chi connectivity index (χ4n) is 3.09. The van der Waals surface area contributed by atoms with Crippen LogP contribution in [0.1, 0.15) is 53.4 Å². The van der Waals surface area contributed by atoms with E-state index < -0.39 is 0 Å². The zero-order valence-electron chi connectivity index (χ0n) is 10.6. The van der Waals surface area contributed by atoms with Crippen LogP contribution in [0, 0.1) is 17.3 Å². The van der Waals surface area contributed by atoms with Gasteiger partial charge in [-0.2, -0.15) is 0 Å². The fourth-order valence-corrected chi connectivity index (χ4v) is 3.09. The highest BCUT2D eigenvalue weighted by molar-refractivity contribution is 5.19. The topological polar surface area (TPSA) is 0 Å². The quantitative estimate of drug-likeness (QED) is 0.501. The van der Waals surface area contributed by atoms with Gasteiger partial charge in [0.15, 0.2) is 0 Å². The second-order valence-corrected chi connectivity index (χ2v) is 6.09. The minimum absolute atomic E-state index is 0.575. The van der Waals surface area contributed by atoms with E-state index in [4.69, 9.17) is 0 Å². The normalized spacial score (nSPS) is 38.4. The van der Waals surface area contributed by atoms with Crippen LogP contribution >= 0.6 is 0 Å². The molecule has 2 aliphatic rings. The molecule has 0 aromatic heterocycles. The van der Waals surface area contributed by atoms with E-state index >= 15 is 0 Å². The van der Waals surface area contributed by atoms with E-state index in [2.05, 4.69) is 39.8 Å². The summed E-state index contributed by atoms with van der Waals surface area (Å²) in [5, 5.41) is 0. The molecule has 0 aromatic carbocycles. The first kappa shape index (κ1) is 11.0. The smallest absolute Gasteiger partial charge is 0.0143 e. The van der Waals surface area contributed by atoms with Crippen molar-refractivity contribution in [3.8, 4) is 0 Å². The second-order valence-electron chi connectivity index (χ2n) is 6.09. The second kappa shape index (κ2) is 3.81. The molecule has 0 heteroatoms. The highest BCUT2D eigenvalue weighted by Crippen LogP contribution is 2.61. The Hall–Kier alpha value is -0.520. The van der Waals surface area contributed by atoms with Gasteiger partial charge in [0, 0.05) is 0 Å². The maximum absolute atomic E-state index is 2.55. The number of hydrogen-bond acceptors (Lipinski definition) is 0. The van der Waals surface area contributed by atoms with Gasteiger partial charge in [-0.05, 0) is 56.8 Å². The van der Waals surface area contributed by atoms with Gasteiger partial charge in [-0.1, -0.05) is 37.1 Å². The van der Waals surface area contributed by atoms with Crippen LogP contribution in [0.5, 0.6) is 0 Å². The molecular formula is C15H24. The lowest BCUT2D eigenvalue weighted by Gasteiger charge is -2.05. The fraction of sp³-hybridized carbons (Fsp3) is 0.733. The summed E-state index contributed by atoms with van der Waals surface area (Å²) in [6, 6.07) is 0. The van der Waals surface area contributed by atoms with Gasteiger partial charge in [-0.25, -0.2) is 0 Å². The van der Waals surface area contributed by atoms with Crippen molar-refractivity contribution in [1.29, 1.82) is 0 Å². The lowest BCUT2D eigenvalue weighted by Crippen LogP contribution is -1.90. The van der Waals surface area contributed by atoms with Crippen LogP contribution in [-0.4, -0.2) is 0 Å². The largest absolute Gasteiger partial charge is 0.0853 e. The van der Waals surface area contributed by atoms with E-state index in [-0.39, 0.29) is 0 Å². The summed E-state index contributed by atoms with van der Waals surface area (Å²) < 4.78 is 0. The molecule has 84 valence electrons. The van der Waals surface area contributed by atoms with Crippen molar-refractivity contribution in [3.05, 3.63) is 23.3 Å². The van der Waals surface area contributed by atoms with E-state index in [0.29, 0.717) is 5.41 Å². The molecule has 0 N–H and O–H groups in total. The molecule has 0 nitrogen and oxygen atoms in total. The van der Waals surface area contributed by atoms with Gasteiger partial charge in [0.2, 0.25) is 0 Å². The Morgan fingerprint density at radius 3 is 2.60 bits per heavy atom. The molecule has 1 saturated carbocycles. The SMILES string of the molecule is CC1=CCC/C(C)=C/[C@H]2[C@@H](CC1)C2(C)C. The van der Waals surface area contributed by atoms with E-state index in [1.54, 1.807) is 11.1 Å². The first-order valence-electron chi connectivity index (χ1n) is 6.34. The molecule has 0 radical (unpaired) electrons. The van der Waals surface area contributed by atoms with E-state index in [9.17, 15) is 0 Å². The minimum atomic E-state index is 0.575. The van der Waals surface area contributed by atoms with Crippen molar-refractivity contribution in [1.82, 2.24) is 0 Å². The van der Waals surface area contributed by atoms with Crippen LogP contribution in [0.3, 0.4) is 0 Å². The Balaban J connectivity index is 2.13. The zero-order chi connectivity index (χ0) is 11.1. The number of allylic oxidation sites excluding steroid dienone is 4. The van der Waals surface area contributed by atoms with Gasteiger partial charge in [0.05, 0.1) is 0 Å². The Labute approximate surface area is 94.5 Å². The molecule has 1 fully saturated rings. The summed E-state index contributed by atoms with van der Waals surface area (Å²) in [7, 11) is 0. The first-order valence-corrected chi connectivity index (χ1v) is 6.34. The predicted octanol–water partition coefficient (Wildman–Crippen LogP) is 4.73. The summed E-state index contributed by atoms with van der Waals surface area (Å²) in [5.41, 5.74) is 3.78. The molecule has 0 unspecified atom stereocenters. The molecule has 0 aromatic rings. The average molecular weight is 204 g/mol. The number of hydrogen-bond donors (Lipinski definition) is 0. The summed E-state index contributed by atoms with van der Waals surface area (Å²) in [6.45, 7) is 9.47. The van der Waals surface area contributed by atoms with Crippen molar-refractivity contribution in [2.75, 3.05) is 0 Å². The van der Waals surface area contributed by atoms with E-state index in [1.165, 1.54) is 25.7 Å². The summed E-state index contributed by atoms with van der Waals surface area (Å²) in [4.78, 5) is 0. The highest BCUT2D eigenvalue weighted by atomic mass is 14.6. The van der Waals surface area contributed by atoms with Gasteiger partial charge in [-0.3, -0.25) is 0 Å². The Bertz CT molecular complexity index is 304. The summed E-state index contributed by atoms with van der Waals surface area (Å²) in [6.07, 6.45) is 10.2. The van der Waals surface area contributed by atoms with Crippen LogP contribution in [0.15, 0.2) is 23.3 Å². The summed E-state index contributed by atoms with van der Waals surface area (Å²) >= 11 is 0. The Kier molecular flexibility index (Phi) is 2.79. The average Bonchev–Trinajstić information content (AvgIpc) is 2.65. The lowest BCUT2D eigenvalue weighted by atomic mass is 10.0. The van der Waals surface area contributed by atoms with Crippen LogP contribution in [0.25, 0.3) is 0 Å². The minimum Gasteiger partial charge on any atom is -0.0853 e. The van der Waals surface area contributed by atoms with Crippen LogP contribution in [0.4, 0.5) is 0 Å². The van der Waals surface area contributed by atoms with Crippen LogP contribution in [0.2, 0.25) is 0 Å². The van der Waals surface area contributed by atoms with Gasteiger partial charge in [0.1, 0.15) is 0 Å². The molecule has 0 aliphatic heterocycles. The molecule has 15 heavy (non-hydrogen) atoms. The Morgan fingerprint density at radius 2 is 1.87 bits per heavy atom. The molecule has 0 bridgehead atoms. The van der Waals surface area contributed by atoms with Crippen LogP contribution in [-0.2, 0) is 0 Å². The van der Waals surface area contributed by atoms with Crippen molar-refractivity contribution >= 4 is 0 Å². The molecular weight excluding hydrogens is 180 g/mol. The van der Waals surface area contributed by atoms with Gasteiger partial charge >= 0.3 is 0 Å². The first-order chi connectivity index (χ1) is 7.01. The lowest BCUT2D eigenvalue weighted by molar-refractivity contribution is 0.528. The molecule has 2 rings (SSSR count). The van der Waals surface area contributed by atoms with Gasteiger partial charge < -0.3 is 0 Å². The van der Waals surface area contributed by atoms with E-state index in [1.807, 2.05) is 0 Å². The highest BCUT2D eigenvalue weighted by Gasteiger charge is 2.55. The van der Waals surface area contributed by atoms with Gasteiger partial charge in [0.25, 0.3) is 0 Å². The Morgan fingerprint density at radius 1 is 1.13 bits per heavy atom. The number of rotatable bonds is 0. The van der Waals surface area contributed by atoms with Crippen molar-refractivity contribution in [2.45, 2.75) is 53.4 Å². The standard InChI is InChI=1S/C15H24/c1-11-6-5-7-12(2)10-14-13(9-8-11)15(14,3)4/h6,10,13-14H,5,7-9H2,1-4H3/b11-6?,12-10+/t13-,14+/m1/s1. The molecule has 0 heterocycles. The maximum atomic E-state index is 2.55. The maximum Gasteiger partial charge on any atom is -0.0143 e. The molecule has 0 saturated heterocycles. The van der Waals surface area contributed by atoms with Crippen molar-refractivity contribution in [2.24, 2.45) is 17.3 Å². The predicted molar refractivity (Wildman–Crippen MR) is 66.7 cm³/mol. The third-order valence-electron chi connectivity index (χ3n) is 4.48. The molecule has 0 amide bonds. The summed E-state index contributed by atoms with van der Waals surface area (Å²) in [5.74, 6) is 1.80. The third-order valence-corrected chi connectivity index (χ3v) is 4.48. The zero-order valence-corrected chi connectivity index (χ0v) is 10.6. The van der Waals surface area contributed by atoms with Crippen molar-refractivity contribution in [3.63, 3.8) is 0 Å². The van der Waals surface area contributed by atoms with Gasteiger partial charge in [-0.15, -0.1) is 0 Å². The number of fused-ring (bicyclic) bond motifs is 1. The monoisotopic (exact) mass is 204 g/mol. The molecule has 2 atom stereocenters. The van der Waals surface area contributed by atoms with E-state index in [0.717, 1.165) is 11.8 Å². The van der Waals surface area contributed by atoms with Crippen LogP contribution < -0.4 is 0 Å². The third kappa shape index (κ3) is 2.19. The molecule has 2 aliphatic carbocycles. The van der Waals surface area contributed by atoms with Crippen molar-refractivity contribution < 1.29 is 0 Å².